The molecule has 0 aromatic heterocycles. The van der Waals surface area contributed by atoms with Gasteiger partial charge >= 0.3 is 0 Å². The smallest absolute Gasteiger partial charge is 0.0991 e. The van der Waals surface area contributed by atoms with E-state index in [4.69, 9.17) is 5.26 Å². The van der Waals surface area contributed by atoms with E-state index in [0.717, 1.165) is 44.8 Å². The lowest BCUT2D eigenvalue weighted by Crippen LogP contribution is -2.30. The van der Waals surface area contributed by atoms with Crippen LogP contribution in [-0.2, 0) is 13.1 Å². The van der Waals surface area contributed by atoms with Crippen molar-refractivity contribution >= 4 is 10.8 Å². The predicted octanol–water partition coefficient (Wildman–Crippen LogP) is 4.42. The third-order valence-corrected chi connectivity index (χ3v) is 5.44. The fraction of sp³-hybridized carbons (Fsp3) is 0.292. The Kier molecular flexibility index (Phi) is 5.48. The van der Waals surface area contributed by atoms with Crippen LogP contribution in [0.5, 0.6) is 0 Å². The summed E-state index contributed by atoms with van der Waals surface area (Å²) in [5.74, 6) is 0. The van der Waals surface area contributed by atoms with Crippen LogP contribution in [0.1, 0.15) is 23.1 Å². The van der Waals surface area contributed by atoms with Crippen molar-refractivity contribution in [2.75, 3.05) is 26.2 Å². The first-order valence-corrected chi connectivity index (χ1v) is 9.72. The summed E-state index contributed by atoms with van der Waals surface area (Å²) in [6, 6.07) is 25.5. The maximum Gasteiger partial charge on any atom is 0.0991 e. The highest BCUT2D eigenvalue weighted by Crippen LogP contribution is 2.21. The molecule has 1 aliphatic heterocycles. The number of fused-ring (bicyclic) bond motifs is 1. The van der Waals surface area contributed by atoms with E-state index in [1.165, 1.54) is 28.3 Å². The molecule has 0 amide bonds. The van der Waals surface area contributed by atoms with E-state index in [9.17, 15) is 0 Å². The van der Waals surface area contributed by atoms with Gasteiger partial charge in [0.15, 0.2) is 0 Å². The Balaban J connectivity index is 1.38. The molecule has 3 heteroatoms. The van der Waals surface area contributed by atoms with Crippen molar-refractivity contribution in [1.29, 1.82) is 5.26 Å². The van der Waals surface area contributed by atoms with Crippen LogP contribution in [0, 0.1) is 11.3 Å². The fourth-order valence-corrected chi connectivity index (χ4v) is 3.95. The Hall–Kier alpha value is -2.67. The summed E-state index contributed by atoms with van der Waals surface area (Å²) in [7, 11) is 0. The highest BCUT2D eigenvalue weighted by atomic mass is 15.2. The number of nitrogens with zero attached hydrogens (tertiary/aromatic N) is 3. The molecule has 0 saturated carbocycles. The minimum atomic E-state index is 0.732. The second-order valence-corrected chi connectivity index (χ2v) is 7.35. The van der Waals surface area contributed by atoms with E-state index >= 15 is 0 Å². The second-order valence-electron chi connectivity index (χ2n) is 7.35. The number of nitriles is 1. The van der Waals surface area contributed by atoms with Gasteiger partial charge in [-0.3, -0.25) is 9.80 Å². The summed E-state index contributed by atoms with van der Waals surface area (Å²) >= 11 is 0. The third-order valence-electron chi connectivity index (χ3n) is 5.44. The van der Waals surface area contributed by atoms with E-state index in [1.807, 2.05) is 12.1 Å². The molecule has 136 valence electrons. The maximum absolute atomic E-state index is 8.94. The van der Waals surface area contributed by atoms with Gasteiger partial charge in [-0.05, 0) is 53.5 Å². The molecule has 0 atom stereocenters. The maximum atomic E-state index is 8.94. The largest absolute Gasteiger partial charge is 0.298 e. The fourth-order valence-electron chi connectivity index (χ4n) is 3.95. The Bertz CT molecular complexity index is 934. The average Bonchev–Trinajstić information content (AvgIpc) is 2.94. The molecule has 4 rings (SSSR count). The van der Waals surface area contributed by atoms with Crippen LogP contribution < -0.4 is 0 Å². The Morgan fingerprint density at radius 1 is 0.741 bits per heavy atom. The Labute approximate surface area is 161 Å². The Morgan fingerprint density at radius 3 is 2.22 bits per heavy atom. The minimum absolute atomic E-state index is 0.732. The quantitative estimate of drug-likeness (QED) is 0.694. The lowest BCUT2D eigenvalue weighted by Gasteiger charge is -2.22. The zero-order chi connectivity index (χ0) is 18.5. The molecule has 0 bridgehead atoms. The van der Waals surface area contributed by atoms with Gasteiger partial charge in [-0.15, -0.1) is 0 Å². The van der Waals surface area contributed by atoms with Crippen LogP contribution in [0.3, 0.4) is 0 Å². The van der Waals surface area contributed by atoms with E-state index in [2.05, 4.69) is 70.5 Å². The van der Waals surface area contributed by atoms with Crippen molar-refractivity contribution in [2.45, 2.75) is 19.5 Å². The van der Waals surface area contributed by atoms with E-state index in [0.29, 0.717) is 0 Å². The van der Waals surface area contributed by atoms with Crippen molar-refractivity contribution in [3.63, 3.8) is 0 Å². The molecule has 1 aliphatic rings. The molecular formula is C24H25N3. The van der Waals surface area contributed by atoms with Crippen LogP contribution in [0.25, 0.3) is 10.8 Å². The van der Waals surface area contributed by atoms with Gasteiger partial charge in [0.25, 0.3) is 0 Å². The molecule has 1 fully saturated rings. The van der Waals surface area contributed by atoms with Gasteiger partial charge in [-0.2, -0.15) is 5.26 Å². The average molecular weight is 355 g/mol. The first-order valence-electron chi connectivity index (χ1n) is 9.72. The SMILES string of the molecule is N#Cc1ccc(CN2CCCN(Cc3cccc4ccccc34)CC2)cc1. The van der Waals surface area contributed by atoms with Gasteiger partial charge in [0.2, 0.25) is 0 Å². The van der Waals surface area contributed by atoms with Gasteiger partial charge in [-0.1, -0.05) is 54.6 Å². The lowest BCUT2D eigenvalue weighted by atomic mass is 10.0. The summed E-state index contributed by atoms with van der Waals surface area (Å²) < 4.78 is 0. The first-order chi connectivity index (χ1) is 13.3. The van der Waals surface area contributed by atoms with Gasteiger partial charge in [0.1, 0.15) is 0 Å². The molecule has 3 nitrogen and oxygen atoms in total. The minimum Gasteiger partial charge on any atom is -0.298 e. The molecule has 0 spiro atoms. The molecule has 3 aromatic rings. The summed E-state index contributed by atoms with van der Waals surface area (Å²) in [6.07, 6.45) is 1.20. The predicted molar refractivity (Wildman–Crippen MR) is 110 cm³/mol. The van der Waals surface area contributed by atoms with Crippen molar-refractivity contribution in [1.82, 2.24) is 9.80 Å². The molecule has 1 heterocycles. The van der Waals surface area contributed by atoms with Gasteiger partial charge < -0.3 is 0 Å². The number of rotatable bonds is 4. The molecule has 0 aliphatic carbocycles. The van der Waals surface area contributed by atoms with Crippen molar-refractivity contribution in [3.05, 3.63) is 83.4 Å². The topological polar surface area (TPSA) is 30.3 Å². The molecule has 0 unspecified atom stereocenters. The van der Waals surface area contributed by atoms with Crippen LogP contribution >= 0.6 is 0 Å². The monoisotopic (exact) mass is 355 g/mol. The summed E-state index contributed by atoms with van der Waals surface area (Å²) in [5, 5.41) is 11.6. The van der Waals surface area contributed by atoms with Gasteiger partial charge in [-0.25, -0.2) is 0 Å². The van der Waals surface area contributed by atoms with Crippen LogP contribution in [0.2, 0.25) is 0 Å². The van der Waals surface area contributed by atoms with Crippen LogP contribution in [-0.4, -0.2) is 36.0 Å². The highest BCUT2D eigenvalue weighted by Gasteiger charge is 2.16. The number of hydrogen-bond donors (Lipinski definition) is 0. The van der Waals surface area contributed by atoms with Crippen LogP contribution in [0.15, 0.2) is 66.7 Å². The van der Waals surface area contributed by atoms with Crippen molar-refractivity contribution < 1.29 is 0 Å². The summed E-state index contributed by atoms with van der Waals surface area (Å²) in [5.41, 5.74) is 3.45. The molecule has 0 radical (unpaired) electrons. The highest BCUT2D eigenvalue weighted by molar-refractivity contribution is 5.85. The second kappa shape index (κ2) is 8.35. The van der Waals surface area contributed by atoms with E-state index in [-0.39, 0.29) is 0 Å². The zero-order valence-electron chi connectivity index (χ0n) is 15.6. The number of hydrogen-bond acceptors (Lipinski definition) is 3. The van der Waals surface area contributed by atoms with E-state index in [1.54, 1.807) is 0 Å². The summed E-state index contributed by atoms with van der Waals surface area (Å²) in [6.45, 7) is 6.45. The van der Waals surface area contributed by atoms with E-state index < -0.39 is 0 Å². The lowest BCUT2D eigenvalue weighted by molar-refractivity contribution is 0.247. The normalized spacial score (nSPS) is 16.1. The summed E-state index contributed by atoms with van der Waals surface area (Å²) in [4.78, 5) is 5.12. The molecular weight excluding hydrogens is 330 g/mol. The van der Waals surface area contributed by atoms with Gasteiger partial charge in [0, 0.05) is 26.2 Å². The zero-order valence-corrected chi connectivity index (χ0v) is 15.6. The van der Waals surface area contributed by atoms with Gasteiger partial charge in [0.05, 0.1) is 11.6 Å². The first kappa shape index (κ1) is 17.7. The molecule has 0 N–H and O–H groups in total. The molecule has 27 heavy (non-hydrogen) atoms. The van der Waals surface area contributed by atoms with Crippen molar-refractivity contribution in [3.8, 4) is 6.07 Å². The number of benzene rings is 3. The Morgan fingerprint density at radius 2 is 1.44 bits per heavy atom. The molecule has 3 aromatic carbocycles. The standard InChI is InChI=1S/C24H25N3/c25-17-20-9-11-21(12-10-20)18-26-13-4-14-27(16-15-26)19-23-7-3-6-22-5-1-2-8-24(22)23/h1-3,5-12H,4,13-16,18-19H2. The third kappa shape index (κ3) is 4.36. The van der Waals surface area contributed by atoms with Crippen LogP contribution in [0.4, 0.5) is 0 Å². The molecule has 1 saturated heterocycles. The van der Waals surface area contributed by atoms with Crippen molar-refractivity contribution in [2.24, 2.45) is 0 Å².